The predicted octanol–water partition coefficient (Wildman–Crippen LogP) is -2.72. The van der Waals surface area contributed by atoms with Gasteiger partial charge in [0.1, 0.15) is 0 Å². The van der Waals surface area contributed by atoms with Crippen LogP contribution in [0.15, 0.2) is 12.7 Å². The topological polar surface area (TPSA) is 80.4 Å². The van der Waals surface area contributed by atoms with Crippen molar-refractivity contribution >= 4 is 10.1 Å². The van der Waals surface area contributed by atoms with Gasteiger partial charge >= 0.3 is 29.6 Å². The number of hydrogen-bond donors (Lipinski definition) is 2. The second kappa shape index (κ2) is 7.06. The Kier molecular flexibility index (Phi) is 8.88. The third-order valence-corrected chi connectivity index (χ3v) is 2.65. The van der Waals surface area contributed by atoms with Gasteiger partial charge < -0.3 is 7.16 Å². The van der Waals surface area contributed by atoms with Crippen LogP contribution >= 0.6 is 0 Å². The van der Waals surface area contributed by atoms with E-state index in [-0.39, 0.29) is 37.5 Å². The summed E-state index contributed by atoms with van der Waals surface area (Å²) in [7, 11) is -3.96. The van der Waals surface area contributed by atoms with E-state index >= 15 is 0 Å². The largest absolute Gasteiger partial charge is 1.00 e. The van der Waals surface area contributed by atoms with E-state index in [1.165, 1.54) is 0 Å². The SMILES string of the molecule is C=CCCC(CN)S(=O)(=O)O.[H-].[Na+]. The Morgan fingerprint density at radius 2 is 2.17 bits per heavy atom. The molecule has 3 N–H and O–H groups in total. The quantitative estimate of drug-likeness (QED) is 0.289. The van der Waals surface area contributed by atoms with Crippen molar-refractivity contribution in [1.82, 2.24) is 0 Å². The van der Waals surface area contributed by atoms with Gasteiger partial charge in [0.2, 0.25) is 0 Å². The average molecular weight is 203 g/mol. The number of nitrogens with two attached hydrogens (primary N) is 1. The summed E-state index contributed by atoms with van der Waals surface area (Å²) >= 11 is 0. The maximum Gasteiger partial charge on any atom is 1.00 e. The van der Waals surface area contributed by atoms with E-state index in [0.29, 0.717) is 12.8 Å². The Labute approximate surface area is 96.7 Å². The molecular formula is C6H14NNaO3S. The first-order valence-corrected chi connectivity index (χ1v) is 4.80. The molecule has 0 saturated heterocycles. The average Bonchev–Trinajstić information content (AvgIpc) is 1.87. The molecule has 0 aliphatic rings. The molecule has 0 rings (SSSR count). The van der Waals surface area contributed by atoms with Gasteiger partial charge in [-0.2, -0.15) is 8.42 Å². The minimum atomic E-state index is -3.96. The van der Waals surface area contributed by atoms with Gasteiger partial charge in [0.15, 0.2) is 0 Å². The van der Waals surface area contributed by atoms with Crippen LogP contribution in [0.1, 0.15) is 14.3 Å². The van der Waals surface area contributed by atoms with Crippen molar-refractivity contribution in [3.8, 4) is 0 Å². The molecule has 12 heavy (non-hydrogen) atoms. The molecule has 1 unspecified atom stereocenters. The van der Waals surface area contributed by atoms with Crippen LogP contribution < -0.4 is 35.3 Å². The molecule has 0 fully saturated rings. The van der Waals surface area contributed by atoms with E-state index in [1.54, 1.807) is 6.08 Å². The maximum absolute atomic E-state index is 10.5. The van der Waals surface area contributed by atoms with E-state index in [9.17, 15) is 8.42 Å². The zero-order valence-electron chi connectivity index (χ0n) is 8.23. The van der Waals surface area contributed by atoms with E-state index in [1.807, 2.05) is 0 Å². The standard InChI is InChI=1S/C6H13NO3S.Na.H/c1-2-3-4-6(5-7)11(8,9)10;;/h2,6H,1,3-5,7H2,(H,8,9,10);;/q;+1;-1. The van der Waals surface area contributed by atoms with Crippen molar-refractivity contribution in [1.29, 1.82) is 0 Å². The summed E-state index contributed by atoms with van der Waals surface area (Å²) in [6, 6.07) is 0. The summed E-state index contributed by atoms with van der Waals surface area (Å²) in [6.45, 7) is 3.38. The minimum absolute atomic E-state index is 0. The smallest absolute Gasteiger partial charge is 1.00 e. The first kappa shape index (κ1) is 15.1. The third-order valence-electron chi connectivity index (χ3n) is 1.38. The fourth-order valence-corrected chi connectivity index (χ4v) is 1.37. The van der Waals surface area contributed by atoms with E-state index in [4.69, 9.17) is 10.3 Å². The second-order valence-corrected chi connectivity index (χ2v) is 3.94. The molecule has 0 aromatic carbocycles. The molecule has 0 radical (unpaired) electrons. The fraction of sp³-hybridized carbons (Fsp3) is 0.667. The van der Waals surface area contributed by atoms with Crippen molar-refractivity contribution < 1.29 is 44.0 Å². The zero-order chi connectivity index (χ0) is 8.91. The molecular weight excluding hydrogens is 189 g/mol. The molecule has 6 heteroatoms. The fourth-order valence-electron chi connectivity index (χ4n) is 0.692. The Morgan fingerprint density at radius 3 is 2.42 bits per heavy atom. The van der Waals surface area contributed by atoms with E-state index < -0.39 is 15.4 Å². The summed E-state index contributed by atoms with van der Waals surface area (Å²) in [6.07, 6.45) is 2.47. The summed E-state index contributed by atoms with van der Waals surface area (Å²) < 4.78 is 29.6. The van der Waals surface area contributed by atoms with Crippen LogP contribution in [0.3, 0.4) is 0 Å². The van der Waals surface area contributed by atoms with Crippen LogP contribution in [-0.4, -0.2) is 24.8 Å². The van der Waals surface area contributed by atoms with Gasteiger partial charge in [0.05, 0.1) is 5.25 Å². The molecule has 0 aromatic rings. The van der Waals surface area contributed by atoms with Gasteiger partial charge in [-0.05, 0) is 12.8 Å². The van der Waals surface area contributed by atoms with Crippen molar-refractivity contribution in [3.63, 3.8) is 0 Å². The molecule has 0 bridgehead atoms. The zero-order valence-corrected chi connectivity index (χ0v) is 10.0. The predicted molar refractivity (Wildman–Crippen MR) is 44.9 cm³/mol. The summed E-state index contributed by atoms with van der Waals surface area (Å²) in [5.74, 6) is 0. The number of rotatable bonds is 5. The van der Waals surface area contributed by atoms with Crippen molar-refractivity contribution in [2.45, 2.75) is 18.1 Å². The molecule has 0 amide bonds. The Morgan fingerprint density at radius 1 is 1.67 bits per heavy atom. The molecule has 0 heterocycles. The van der Waals surface area contributed by atoms with Crippen LogP contribution in [0.5, 0.6) is 0 Å². The van der Waals surface area contributed by atoms with Crippen LogP contribution in [-0.2, 0) is 10.1 Å². The molecule has 0 aromatic heterocycles. The summed E-state index contributed by atoms with van der Waals surface area (Å²) in [4.78, 5) is 0. The third kappa shape index (κ3) is 6.16. The molecule has 0 aliphatic carbocycles. The second-order valence-electron chi connectivity index (χ2n) is 2.24. The van der Waals surface area contributed by atoms with Gasteiger partial charge in [-0.15, -0.1) is 6.58 Å². The van der Waals surface area contributed by atoms with Crippen LogP contribution in [0.25, 0.3) is 0 Å². The van der Waals surface area contributed by atoms with Gasteiger partial charge in [0, 0.05) is 6.54 Å². The van der Waals surface area contributed by atoms with Gasteiger partial charge in [-0.3, -0.25) is 4.55 Å². The monoisotopic (exact) mass is 203 g/mol. The first-order valence-electron chi connectivity index (χ1n) is 3.29. The number of hydrogen-bond acceptors (Lipinski definition) is 3. The molecule has 1 atom stereocenters. The van der Waals surface area contributed by atoms with Crippen LogP contribution in [0.2, 0.25) is 0 Å². The Balaban J connectivity index is -0.000000500. The van der Waals surface area contributed by atoms with Crippen molar-refractivity contribution in [3.05, 3.63) is 12.7 Å². The van der Waals surface area contributed by atoms with E-state index in [0.717, 1.165) is 0 Å². The molecule has 68 valence electrons. The maximum atomic E-state index is 10.5. The first-order chi connectivity index (χ1) is 5.02. The minimum Gasteiger partial charge on any atom is -1.00 e. The van der Waals surface area contributed by atoms with Crippen LogP contribution in [0, 0.1) is 0 Å². The summed E-state index contributed by atoms with van der Waals surface area (Å²) in [5, 5.41) is -0.847. The van der Waals surface area contributed by atoms with Crippen molar-refractivity contribution in [2.24, 2.45) is 5.73 Å². The molecule has 4 nitrogen and oxygen atoms in total. The van der Waals surface area contributed by atoms with E-state index in [2.05, 4.69) is 6.58 Å². The number of allylic oxidation sites excluding steroid dienone is 1. The summed E-state index contributed by atoms with van der Waals surface area (Å²) in [5.41, 5.74) is 5.13. The molecule has 0 aliphatic heterocycles. The van der Waals surface area contributed by atoms with Gasteiger partial charge in [-0.1, -0.05) is 6.08 Å². The Hall–Kier alpha value is 0.610. The van der Waals surface area contributed by atoms with Crippen LogP contribution in [0.4, 0.5) is 0 Å². The molecule has 0 spiro atoms. The Bertz CT molecular complexity index is 220. The normalized spacial score (nSPS) is 13.2. The van der Waals surface area contributed by atoms with Gasteiger partial charge in [-0.25, -0.2) is 0 Å². The van der Waals surface area contributed by atoms with Crippen molar-refractivity contribution in [2.75, 3.05) is 6.54 Å². The van der Waals surface area contributed by atoms with Gasteiger partial charge in [0.25, 0.3) is 10.1 Å². The molecule has 0 saturated carbocycles.